The van der Waals surface area contributed by atoms with Gasteiger partial charge >= 0.3 is 0 Å². The maximum absolute atomic E-state index is 13.9. The molecule has 47 heavy (non-hydrogen) atoms. The first-order chi connectivity index (χ1) is 22.5. The fourth-order valence-electron chi connectivity index (χ4n) is 5.21. The van der Waals surface area contributed by atoms with Crippen LogP contribution in [0.5, 0.6) is 5.75 Å². The molecule has 1 saturated heterocycles. The first-order valence-electron chi connectivity index (χ1n) is 14.8. The molecule has 246 valence electrons. The van der Waals surface area contributed by atoms with Crippen LogP contribution in [0.1, 0.15) is 46.4 Å². The highest BCUT2D eigenvalue weighted by Gasteiger charge is 2.40. The number of fused-ring (bicyclic) bond motifs is 1. The molecule has 1 aliphatic rings. The molecule has 1 fully saturated rings. The molecule has 15 heteroatoms. The van der Waals surface area contributed by atoms with Crippen LogP contribution in [0.15, 0.2) is 65.7 Å². The minimum atomic E-state index is -4.19. The topological polar surface area (TPSA) is 180 Å². The SMILES string of the molecule is Cc1cnc2cccc(OCc3c(Cl)ccc(S(=O)(=O)N4CCCC4C(=O)NCCCNC(=O)c4ccc(C(=N)N)cc4)c3Cl)c2n1. The lowest BCUT2D eigenvalue weighted by Crippen LogP contribution is -2.46. The molecule has 1 atom stereocenters. The summed E-state index contributed by atoms with van der Waals surface area (Å²) >= 11 is 13.1. The number of nitrogen functional groups attached to an aromatic ring is 1. The summed E-state index contributed by atoms with van der Waals surface area (Å²) in [5.74, 6) is -0.377. The predicted octanol–water partition coefficient (Wildman–Crippen LogP) is 4.20. The van der Waals surface area contributed by atoms with Gasteiger partial charge in [-0.15, -0.1) is 0 Å². The Bertz CT molecular complexity index is 1940. The molecule has 0 saturated carbocycles. The molecule has 2 heterocycles. The van der Waals surface area contributed by atoms with E-state index >= 15 is 0 Å². The van der Waals surface area contributed by atoms with Gasteiger partial charge in [0.1, 0.15) is 34.6 Å². The van der Waals surface area contributed by atoms with E-state index in [2.05, 4.69) is 20.6 Å². The Morgan fingerprint density at radius 2 is 1.79 bits per heavy atom. The quantitative estimate of drug-likeness (QED) is 0.0966. The van der Waals surface area contributed by atoms with Crippen molar-refractivity contribution in [2.75, 3.05) is 19.6 Å². The standard InChI is InChI=1S/C32H33Cl2N7O5S/c1-19-17-39-24-5-2-7-26(29(24)40-19)46-18-22-23(33)12-13-27(28(22)34)47(44,45)41-16-3-6-25(41)32(43)38-15-4-14-37-31(42)21-10-8-20(9-11-21)30(35)36/h2,5,7-13,17,25H,3-4,6,14-16,18H2,1H3,(H3,35,36)(H,37,42)(H,38,43). The lowest BCUT2D eigenvalue weighted by Gasteiger charge is -2.24. The van der Waals surface area contributed by atoms with Crippen LogP contribution in [0.2, 0.25) is 10.0 Å². The van der Waals surface area contributed by atoms with E-state index < -0.39 is 22.0 Å². The third kappa shape index (κ3) is 7.65. The van der Waals surface area contributed by atoms with Crippen molar-refractivity contribution in [2.24, 2.45) is 5.73 Å². The van der Waals surface area contributed by atoms with Crippen LogP contribution in [-0.4, -0.2) is 66.0 Å². The second-order valence-electron chi connectivity index (χ2n) is 10.9. The van der Waals surface area contributed by atoms with Crippen molar-refractivity contribution in [3.05, 3.63) is 93.2 Å². The normalized spacial score (nSPS) is 15.0. The Morgan fingerprint density at radius 3 is 2.53 bits per heavy atom. The van der Waals surface area contributed by atoms with Crippen molar-refractivity contribution in [2.45, 2.75) is 43.7 Å². The van der Waals surface area contributed by atoms with Gasteiger partial charge in [-0.05, 0) is 62.6 Å². The number of carbonyl (C=O) groups is 2. The monoisotopic (exact) mass is 697 g/mol. The third-order valence-electron chi connectivity index (χ3n) is 7.67. The second-order valence-corrected chi connectivity index (χ2v) is 13.6. The minimum absolute atomic E-state index is 0.0854. The molecular formula is C32H33Cl2N7O5S. The summed E-state index contributed by atoms with van der Waals surface area (Å²) in [5, 5.41) is 13.1. The van der Waals surface area contributed by atoms with Gasteiger partial charge in [0.05, 0.1) is 16.2 Å². The van der Waals surface area contributed by atoms with E-state index in [0.717, 1.165) is 4.31 Å². The summed E-state index contributed by atoms with van der Waals surface area (Å²) in [6.07, 6.45) is 2.93. The number of aryl methyl sites for hydroxylation is 1. The number of benzene rings is 3. The number of nitrogens with two attached hydrogens (primary N) is 1. The average molecular weight is 699 g/mol. The second kappa shape index (κ2) is 14.6. The molecule has 3 aromatic carbocycles. The number of carbonyl (C=O) groups excluding carboxylic acids is 2. The molecule has 1 unspecified atom stereocenters. The molecule has 0 bridgehead atoms. The lowest BCUT2D eigenvalue weighted by molar-refractivity contribution is -0.124. The molecular weight excluding hydrogens is 665 g/mol. The van der Waals surface area contributed by atoms with E-state index in [4.69, 9.17) is 39.1 Å². The smallest absolute Gasteiger partial charge is 0.251 e. The highest BCUT2D eigenvalue weighted by atomic mass is 35.5. The number of amidine groups is 1. The minimum Gasteiger partial charge on any atom is -0.486 e. The summed E-state index contributed by atoms with van der Waals surface area (Å²) in [6.45, 7) is 2.36. The lowest BCUT2D eigenvalue weighted by atomic mass is 10.1. The van der Waals surface area contributed by atoms with Gasteiger partial charge in [-0.25, -0.2) is 13.4 Å². The van der Waals surface area contributed by atoms with Crippen molar-refractivity contribution in [3.63, 3.8) is 0 Å². The van der Waals surface area contributed by atoms with Crippen molar-refractivity contribution in [1.29, 1.82) is 5.41 Å². The Hall–Kier alpha value is -4.30. The number of para-hydroxylation sites is 1. The Labute approximate surface area is 282 Å². The number of halogens is 2. The van der Waals surface area contributed by atoms with Gasteiger partial charge in [-0.1, -0.05) is 41.4 Å². The molecule has 2 amide bonds. The molecule has 0 spiro atoms. The Morgan fingerprint density at radius 1 is 1.06 bits per heavy atom. The zero-order valence-electron chi connectivity index (χ0n) is 25.4. The fraction of sp³-hybridized carbons (Fsp3) is 0.281. The van der Waals surface area contributed by atoms with E-state index in [1.54, 1.807) is 48.7 Å². The van der Waals surface area contributed by atoms with Crippen LogP contribution in [-0.2, 0) is 21.4 Å². The predicted molar refractivity (Wildman–Crippen MR) is 179 cm³/mol. The van der Waals surface area contributed by atoms with Gasteiger partial charge in [-0.3, -0.25) is 20.0 Å². The number of nitrogens with zero attached hydrogens (tertiary/aromatic N) is 3. The van der Waals surface area contributed by atoms with E-state index in [0.29, 0.717) is 52.9 Å². The molecule has 0 radical (unpaired) electrons. The zero-order valence-corrected chi connectivity index (χ0v) is 27.8. The number of hydrogen-bond donors (Lipinski definition) is 4. The number of nitrogens with one attached hydrogen (secondary N) is 3. The van der Waals surface area contributed by atoms with Gasteiger partial charge < -0.3 is 21.1 Å². The zero-order chi connectivity index (χ0) is 33.7. The first kappa shape index (κ1) is 34.0. The molecule has 5 rings (SSSR count). The summed E-state index contributed by atoms with van der Waals surface area (Å²) in [4.78, 5) is 34.2. The fourth-order valence-corrected chi connectivity index (χ4v) is 7.73. The Balaban J connectivity index is 1.20. The molecule has 4 aromatic rings. The summed E-state index contributed by atoms with van der Waals surface area (Å²) in [6, 6.07) is 13.5. The molecule has 5 N–H and O–H groups in total. The van der Waals surface area contributed by atoms with E-state index in [9.17, 15) is 18.0 Å². The molecule has 12 nitrogen and oxygen atoms in total. The number of rotatable bonds is 12. The van der Waals surface area contributed by atoms with Gasteiger partial charge in [0, 0.05) is 47.5 Å². The van der Waals surface area contributed by atoms with E-state index in [-0.39, 0.29) is 58.5 Å². The van der Waals surface area contributed by atoms with Gasteiger partial charge in [0.2, 0.25) is 15.9 Å². The average Bonchev–Trinajstić information content (AvgIpc) is 3.56. The van der Waals surface area contributed by atoms with E-state index in [1.165, 1.54) is 12.1 Å². The van der Waals surface area contributed by atoms with Crippen molar-refractivity contribution in [1.82, 2.24) is 24.9 Å². The van der Waals surface area contributed by atoms with E-state index in [1.807, 2.05) is 6.92 Å². The van der Waals surface area contributed by atoms with Crippen molar-refractivity contribution in [3.8, 4) is 5.75 Å². The summed E-state index contributed by atoms with van der Waals surface area (Å²) in [7, 11) is -4.19. The van der Waals surface area contributed by atoms with Crippen LogP contribution in [0, 0.1) is 12.3 Å². The van der Waals surface area contributed by atoms with Crippen LogP contribution in [0.3, 0.4) is 0 Å². The van der Waals surface area contributed by atoms with Crippen molar-refractivity contribution >= 4 is 61.9 Å². The highest BCUT2D eigenvalue weighted by Crippen LogP contribution is 2.36. The van der Waals surface area contributed by atoms with Gasteiger partial charge in [0.15, 0.2) is 0 Å². The van der Waals surface area contributed by atoms with Crippen LogP contribution in [0.4, 0.5) is 0 Å². The number of sulfonamides is 1. The maximum atomic E-state index is 13.9. The summed E-state index contributed by atoms with van der Waals surface area (Å²) < 4.78 is 34.9. The van der Waals surface area contributed by atoms with Gasteiger partial charge in [-0.2, -0.15) is 4.31 Å². The molecule has 0 aliphatic carbocycles. The number of hydrogen-bond acceptors (Lipinski definition) is 8. The van der Waals surface area contributed by atoms with Crippen LogP contribution < -0.4 is 21.1 Å². The van der Waals surface area contributed by atoms with Crippen LogP contribution >= 0.6 is 23.2 Å². The highest BCUT2D eigenvalue weighted by molar-refractivity contribution is 7.89. The maximum Gasteiger partial charge on any atom is 0.251 e. The largest absolute Gasteiger partial charge is 0.486 e. The first-order valence-corrected chi connectivity index (χ1v) is 17.0. The van der Waals surface area contributed by atoms with Gasteiger partial charge in [0.25, 0.3) is 5.91 Å². The summed E-state index contributed by atoms with van der Waals surface area (Å²) in [5.41, 5.74) is 8.56. The Kier molecular flexibility index (Phi) is 10.6. The third-order valence-corrected chi connectivity index (χ3v) is 10.5. The number of amides is 2. The van der Waals surface area contributed by atoms with Crippen molar-refractivity contribution < 1.29 is 22.7 Å². The molecule has 1 aromatic heterocycles. The number of ether oxygens (including phenoxy) is 1. The number of aromatic nitrogens is 2. The molecule has 1 aliphatic heterocycles. The van der Waals surface area contributed by atoms with Crippen LogP contribution in [0.25, 0.3) is 11.0 Å².